The third-order valence-corrected chi connectivity index (χ3v) is 3.33. The molecule has 21 heavy (non-hydrogen) atoms. The van der Waals surface area contributed by atoms with Crippen molar-refractivity contribution in [3.05, 3.63) is 47.1 Å². The Hall–Kier alpha value is -2.60. The second-order valence-electron chi connectivity index (χ2n) is 4.33. The lowest BCUT2D eigenvalue weighted by atomic mass is 10.2. The zero-order valence-electron chi connectivity index (χ0n) is 10.9. The standard InChI is InChI=1S/C14H10ClN3O3/c1-21-14(20)9-3-5-12-16-17-13(18(12)7-9)8-2-4-11(19)10(15)6-8/h2-7,19H,1H3. The maximum absolute atomic E-state index is 11.6. The molecule has 0 spiro atoms. The number of carbonyl (C=O) groups excluding carboxylic acids is 1. The Morgan fingerprint density at radius 2 is 2.10 bits per heavy atom. The number of nitrogens with zero attached hydrogens (tertiary/aromatic N) is 3. The van der Waals surface area contributed by atoms with Gasteiger partial charge in [0, 0.05) is 11.8 Å². The number of esters is 1. The number of phenols is 1. The molecule has 0 unspecified atom stereocenters. The van der Waals surface area contributed by atoms with Crippen molar-refractivity contribution in [1.29, 1.82) is 0 Å². The SMILES string of the molecule is COC(=O)c1ccc2nnc(-c3ccc(O)c(Cl)c3)n2c1. The number of phenolic OH excluding ortho intramolecular Hbond substituents is 1. The molecule has 1 N–H and O–H groups in total. The predicted molar refractivity (Wildman–Crippen MR) is 76.4 cm³/mol. The van der Waals surface area contributed by atoms with Gasteiger partial charge in [-0.1, -0.05) is 11.6 Å². The molecule has 6 nitrogen and oxygen atoms in total. The van der Waals surface area contributed by atoms with Crippen LogP contribution in [0.3, 0.4) is 0 Å². The molecular weight excluding hydrogens is 294 g/mol. The second kappa shape index (κ2) is 5.06. The van der Waals surface area contributed by atoms with Crippen LogP contribution in [0.4, 0.5) is 0 Å². The molecule has 3 rings (SSSR count). The number of rotatable bonds is 2. The number of methoxy groups -OCH3 is 1. The van der Waals surface area contributed by atoms with Crippen molar-refractivity contribution in [3.8, 4) is 17.1 Å². The lowest BCUT2D eigenvalue weighted by Gasteiger charge is -2.04. The molecule has 0 aliphatic carbocycles. The first-order chi connectivity index (χ1) is 10.1. The molecular formula is C14H10ClN3O3. The number of ether oxygens (including phenoxy) is 1. The lowest BCUT2D eigenvalue weighted by molar-refractivity contribution is 0.0600. The summed E-state index contributed by atoms with van der Waals surface area (Å²) in [5.41, 5.74) is 1.64. The van der Waals surface area contributed by atoms with E-state index in [1.807, 2.05) is 0 Å². The highest BCUT2D eigenvalue weighted by Gasteiger charge is 2.13. The highest BCUT2D eigenvalue weighted by molar-refractivity contribution is 6.32. The number of benzene rings is 1. The third kappa shape index (κ3) is 2.30. The molecule has 2 heterocycles. The Labute approximate surface area is 124 Å². The topological polar surface area (TPSA) is 76.7 Å². The van der Waals surface area contributed by atoms with Crippen LogP contribution in [0.2, 0.25) is 5.02 Å². The number of fused-ring (bicyclic) bond motifs is 1. The smallest absolute Gasteiger partial charge is 0.339 e. The third-order valence-electron chi connectivity index (χ3n) is 3.03. The summed E-state index contributed by atoms with van der Waals surface area (Å²) in [5, 5.41) is 17.8. The van der Waals surface area contributed by atoms with Crippen LogP contribution in [-0.4, -0.2) is 32.8 Å². The van der Waals surface area contributed by atoms with Gasteiger partial charge in [0.1, 0.15) is 5.75 Å². The van der Waals surface area contributed by atoms with Gasteiger partial charge in [-0.05, 0) is 30.3 Å². The van der Waals surface area contributed by atoms with E-state index in [2.05, 4.69) is 10.2 Å². The first-order valence-electron chi connectivity index (χ1n) is 6.02. The van der Waals surface area contributed by atoms with Crippen LogP contribution >= 0.6 is 11.6 Å². The zero-order chi connectivity index (χ0) is 15.0. The average Bonchev–Trinajstić information content (AvgIpc) is 2.92. The highest BCUT2D eigenvalue weighted by Crippen LogP contribution is 2.28. The van der Waals surface area contributed by atoms with Gasteiger partial charge in [0.2, 0.25) is 0 Å². The summed E-state index contributed by atoms with van der Waals surface area (Å²) in [6, 6.07) is 8.01. The van der Waals surface area contributed by atoms with E-state index < -0.39 is 5.97 Å². The number of halogens is 1. The average molecular weight is 304 g/mol. The highest BCUT2D eigenvalue weighted by atomic mass is 35.5. The molecule has 2 aromatic heterocycles. The van der Waals surface area contributed by atoms with Crippen LogP contribution in [-0.2, 0) is 4.74 Å². The van der Waals surface area contributed by atoms with Crippen molar-refractivity contribution in [2.75, 3.05) is 7.11 Å². The molecule has 0 saturated carbocycles. The summed E-state index contributed by atoms with van der Waals surface area (Å²) < 4.78 is 6.36. The minimum Gasteiger partial charge on any atom is -0.506 e. The number of carbonyl (C=O) groups is 1. The van der Waals surface area contributed by atoms with Crippen molar-refractivity contribution >= 4 is 23.2 Å². The van der Waals surface area contributed by atoms with E-state index in [1.165, 1.54) is 13.2 Å². The number of hydrogen-bond acceptors (Lipinski definition) is 5. The predicted octanol–water partition coefficient (Wildman–Crippen LogP) is 2.54. The van der Waals surface area contributed by atoms with E-state index in [1.54, 1.807) is 34.9 Å². The minimum absolute atomic E-state index is 0.00973. The second-order valence-corrected chi connectivity index (χ2v) is 4.73. The van der Waals surface area contributed by atoms with E-state index in [9.17, 15) is 9.90 Å². The lowest BCUT2D eigenvalue weighted by Crippen LogP contribution is -2.03. The van der Waals surface area contributed by atoms with Gasteiger partial charge in [-0.3, -0.25) is 4.40 Å². The fourth-order valence-corrected chi connectivity index (χ4v) is 2.15. The Morgan fingerprint density at radius 3 is 2.81 bits per heavy atom. The van der Waals surface area contributed by atoms with Gasteiger partial charge in [0.15, 0.2) is 11.5 Å². The fraction of sp³-hybridized carbons (Fsp3) is 0.0714. The van der Waals surface area contributed by atoms with Crippen molar-refractivity contribution in [1.82, 2.24) is 14.6 Å². The summed E-state index contributed by atoms with van der Waals surface area (Å²) in [6.07, 6.45) is 1.59. The van der Waals surface area contributed by atoms with Gasteiger partial charge < -0.3 is 9.84 Å². The molecule has 0 saturated heterocycles. The Morgan fingerprint density at radius 1 is 1.29 bits per heavy atom. The van der Waals surface area contributed by atoms with Crippen LogP contribution < -0.4 is 0 Å². The quantitative estimate of drug-likeness (QED) is 0.736. The molecule has 0 fully saturated rings. The Balaban J connectivity index is 2.18. The first-order valence-corrected chi connectivity index (χ1v) is 6.40. The zero-order valence-corrected chi connectivity index (χ0v) is 11.7. The molecule has 3 aromatic rings. The number of hydrogen-bond donors (Lipinski definition) is 1. The summed E-state index contributed by atoms with van der Waals surface area (Å²) in [4.78, 5) is 11.6. The van der Waals surface area contributed by atoms with Crippen molar-refractivity contribution in [2.45, 2.75) is 0 Å². The number of aromatic nitrogens is 3. The maximum Gasteiger partial charge on any atom is 0.339 e. The Bertz CT molecular complexity index is 845. The molecule has 0 aliphatic heterocycles. The monoisotopic (exact) mass is 303 g/mol. The Kier molecular flexibility index (Phi) is 3.23. The van der Waals surface area contributed by atoms with Crippen LogP contribution in [0.15, 0.2) is 36.5 Å². The van der Waals surface area contributed by atoms with Crippen molar-refractivity contribution in [3.63, 3.8) is 0 Å². The fourth-order valence-electron chi connectivity index (χ4n) is 1.97. The van der Waals surface area contributed by atoms with Gasteiger partial charge >= 0.3 is 5.97 Å². The van der Waals surface area contributed by atoms with E-state index in [0.717, 1.165) is 0 Å². The molecule has 0 aliphatic rings. The van der Waals surface area contributed by atoms with Crippen LogP contribution in [0, 0.1) is 0 Å². The van der Waals surface area contributed by atoms with Gasteiger partial charge in [-0.2, -0.15) is 0 Å². The van der Waals surface area contributed by atoms with E-state index in [4.69, 9.17) is 16.3 Å². The summed E-state index contributed by atoms with van der Waals surface area (Å²) in [6.45, 7) is 0. The van der Waals surface area contributed by atoms with Crippen molar-refractivity contribution < 1.29 is 14.6 Å². The summed E-state index contributed by atoms with van der Waals surface area (Å²) in [7, 11) is 1.32. The summed E-state index contributed by atoms with van der Waals surface area (Å²) in [5.74, 6) is 0.0578. The number of pyridine rings is 1. The summed E-state index contributed by atoms with van der Waals surface area (Å²) >= 11 is 5.90. The van der Waals surface area contributed by atoms with Crippen LogP contribution in [0.25, 0.3) is 17.0 Å². The van der Waals surface area contributed by atoms with Crippen molar-refractivity contribution in [2.24, 2.45) is 0 Å². The van der Waals surface area contributed by atoms with Gasteiger partial charge in [0.05, 0.1) is 17.7 Å². The molecule has 1 aromatic carbocycles. The molecule has 7 heteroatoms. The van der Waals surface area contributed by atoms with Crippen LogP contribution in [0.5, 0.6) is 5.75 Å². The van der Waals surface area contributed by atoms with Crippen LogP contribution in [0.1, 0.15) is 10.4 Å². The molecule has 106 valence electrons. The molecule has 0 bridgehead atoms. The van der Waals surface area contributed by atoms with Gasteiger partial charge in [-0.15, -0.1) is 10.2 Å². The molecule has 0 atom stereocenters. The number of aromatic hydroxyl groups is 1. The van der Waals surface area contributed by atoms with E-state index in [0.29, 0.717) is 22.6 Å². The van der Waals surface area contributed by atoms with E-state index >= 15 is 0 Å². The first kappa shape index (κ1) is 13.4. The normalized spacial score (nSPS) is 10.8. The maximum atomic E-state index is 11.6. The molecule has 0 radical (unpaired) electrons. The van der Waals surface area contributed by atoms with E-state index in [-0.39, 0.29) is 10.8 Å². The molecule has 0 amide bonds. The van der Waals surface area contributed by atoms with Gasteiger partial charge in [-0.25, -0.2) is 4.79 Å². The largest absolute Gasteiger partial charge is 0.506 e. The van der Waals surface area contributed by atoms with Gasteiger partial charge in [0.25, 0.3) is 0 Å². The minimum atomic E-state index is -0.444.